The third-order valence-electron chi connectivity index (χ3n) is 3.87. The van der Waals surface area contributed by atoms with E-state index in [4.69, 9.17) is 0 Å². The number of aromatic nitrogens is 3. The molecule has 0 fully saturated rings. The summed E-state index contributed by atoms with van der Waals surface area (Å²) >= 11 is 0. The molecule has 0 aliphatic heterocycles. The summed E-state index contributed by atoms with van der Waals surface area (Å²) in [6, 6.07) is 7.00. The van der Waals surface area contributed by atoms with Crippen LogP contribution in [0.3, 0.4) is 0 Å². The molecule has 0 aliphatic carbocycles. The first kappa shape index (κ1) is 25.4. The zero-order valence-corrected chi connectivity index (χ0v) is 19.0. The number of aromatic hydroxyl groups is 1. The van der Waals surface area contributed by atoms with Crippen molar-refractivity contribution in [2.75, 3.05) is 0 Å². The van der Waals surface area contributed by atoms with Crippen LogP contribution < -0.4 is 5.56 Å². The fourth-order valence-electron chi connectivity index (χ4n) is 2.78. The number of pyridine rings is 1. The number of benzene rings is 1. The van der Waals surface area contributed by atoms with Crippen molar-refractivity contribution >= 4 is 11.0 Å². The van der Waals surface area contributed by atoms with Crippen molar-refractivity contribution in [3.8, 4) is 16.9 Å². The van der Waals surface area contributed by atoms with Crippen LogP contribution >= 0.6 is 0 Å². The second-order valence-electron chi connectivity index (χ2n) is 5.35. The number of aryl methyl sites for hydroxylation is 2. The summed E-state index contributed by atoms with van der Waals surface area (Å²) in [6.45, 7) is 5.04. The Morgan fingerprint density at radius 1 is 1.22 bits per heavy atom. The van der Waals surface area contributed by atoms with E-state index in [0.29, 0.717) is 5.56 Å². The Kier molecular flexibility index (Phi) is 10.0. The molecule has 0 bridgehead atoms. The molecular formula is C19H24F2N3O2Y-. The van der Waals surface area contributed by atoms with Crippen molar-refractivity contribution in [3.05, 3.63) is 53.8 Å². The number of rotatable bonds is 3. The average molecular weight is 453 g/mol. The number of alkyl halides is 2. The first-order valence-electron chi connectivity index (χ1n) is 8.03. The van der Waals surface area contributed by atoms with Crippen LogP contribution in [0.1, 0.15) is 19.4 Å². The maximum absolute atomic E-state index is 12.9. The normalized spacial score (nSPS) is 10.0. The predicted molar refractivity (Wildman–Crippen MR) is 101 cm³/mol. The molecule has 27 heavy (non-hydrogen) atoms. The minimum atomic E-state index is -2.69. The summed E-state index contributed by atoms with van der Waals surface area (Å²) in [6.07, 6.45) is -1.38. The predicted octanol–water partition coefficient (Wildman–Crippen LogP) is 4.16. The van der Waals surface area contributed by atoms with Gasteiger partial charge in [-0.25, -0.2) is 8.78 Å². The van der Waals surface area contributed by atoms with Crippen LogP contribution in [0.2, 0.25) is 0 Å². The summed E-state index contributed by atoms with van der Waals surface area (Å²) in [4.78, 5) is 12.7. The van der Waals surface area contributed by atoms with E-state index >= 15 is 0 Å². The van der Waals surface area contributed by atoms with Gasteiger partial charge in [-0.1, -0.05) is 38.1 Å². The minimum absolute atomic E-state index is 0. The first-order valence-corrected chi connectivity index (χ1v) is 8.03. The van der Waals surface area contributed by atoms with Crippen LogP contribution in [0.25, 0.3) is 22.2 Å². The summed E-state index contributed by atoms with van der Waals surface area (Å²) in [5.74, 6) is -0.246. The van der Waals surface area contributed by atoms with Gasteiger partial charge in [0.25, 0.3) is 12.0 Å². The van der Waals surface area contributed by atoms with E-state index in [1.807, 2.05) is 13.8 Å². The molecule has 0 saturated heterocycles. The smallest absolute Gasteiger partial charge is 0.263 e. The standard InChI is InChI=1S/C16H15F2N3O2.C2H6.CH3.Y/c1-9-5-3-4-6-10(9)13-15(22)14-11(7-19-20(14)2)21(16(13)23)8-12(17)18;1-2;;/h3-7,12,22H,8H2,1-2H3;1-2H3;1H3;/q;;-1;. The van der Waals surface area contributed by atoms with Gasteiger partial charge in [0.1, 0.15) is 5.52 Å². The van der Waals surface area contributed by atoms with Crippen LogP contribution in [-0.2, 0) is 46.3 Å². The third-order valence-corrected chi connectivity index (χ3v) is 3.87. The van der Waals surface area contributed by atoms with Gasteiger partial charge in [-0.2, -0.15) is 5.10 Å². The maximum atomic E-state index is 12.9. The van der Waals surface area contributed by atoms with E-state index in [1.54, 1.807) is 38.2 Å². The van der Waals surface area contributed by atoms with E-state index in [0.717, 1.165) is 10.1 Å². The summed E-state index contributed by atoms with van der Waals surface area (Å²) in [7, 11) is 1.58. The molecule has 1 radical (unpaired) electrons. The van der Waals surface area contributed by atoms with Gasteiger partial charge in [-0.15, -0.1) is 0 Å². The second-order valence-corrected chi connectivity index (χ2v) is 5.35. The topological polar surface area (TPSA) is 60.1 Å². The van der Waals surface area contributed by atoms with Gasteiger partial charge in [0.05, 0.1) is 23.8 Å². The molecule has 1 N–H and O–H groups in total. The Bertz CT molecular complexity index is 952. The molecule has 0 aliphatic rings. The van der Waals surface area contributed by atoms with Crippen molar-refractivity contribution < 1.29 is 46.6 Å². The van der Waals surface area contributed by atoms with Gasteiger partial charge >= 0.3 is 0 Å². The van der Waals surface area contributed by atoms with Crippen LogP contribution in [-0.4, -0.2) is 25.9 Å². The second kappa shape index (κ2) is 10.7. The Hall–Kier alpha value is -1.60. The van der Waals surface area contributed by atoms with E-state index in [1.165, 1.54) is 10.9 Å². The SMILES string of the molecule is CC.Cc1ccccc1-c1c(O)c2c(cnn2C)n(CC(F)F)c1=O.[CH3-].[Y]. The molecule has 5 nitrogen and oxygen atoms in total. The fraction of sp³-hybridized carbons (Fsp3) is 0.316. The van der Waals surface area contributed by atoms with Crippen LogP contribution in [0.5, 0.6) is 5.75 Å². The molecule has 3 rings (SSSR count). The molecule has 3 aromatic rings. The van der Waals surface area contributed by atoms with Gasteiger partial charge in [0.15, 0.2) is 5.75 Å². The van der Waals surface area contributed by atoms with Crippen molar-refractivity contribution in [3.63, 3.8) is 0 Å². The number of nitrogens with zero attached hydrogens (tertiary/aromatic N) is 3. The molecule has 0 amide bonds. The molecule has 145 valence electrons. The minimum Gasteiger partial charge on any atom is -0.505 e. The number of fused-ring (bicyclic) bond motifs is 1. The van der Waals surface area contributed by atoms with E-state index in [-0.39, 0.29) is 62.5 Å². The molecule has 0 unspecified atom stereocenters. The summed E-state index contributed by atoms with van der Waals surface area (Å²) in [5, 5.41) is 14.5. The zero-order chi connectivity index (χ0) is 18.7. The number of halogens is 2. The van der Waals surface area contributed by atoms with Gasteiger partial charge in [0.2, 0.25) is 0 Å². The van der Waals surface area contributed by atoms with E-state index in [9.17, 15) is 18.7 Å². The molecule has 8 heteroatoms. The number of hydrogen-bond acceptors (Lipinski definition) is 3. The van der Waals surface area contributed by atoms with Crippen molar-refractivity contribution in [2.24, 2.45) is 7.05 Å². The third kappa shape index (κ3) is 4.82. The van der Waals surface area contributed by atoms with Gasteiger partial charge in [-0.05, 0) is 18.1 Å². The van der Waals surface area contributed by atoms with Crippen LogP contribution in [0.15, 0.2) is 35.3 Å². The van der Waals surface area contributed by atoms with Crippen molar-refractivity contribution in [2.45, 2.75) is 33.7 Å². The van der Waals surface area contributed by atoms with Crippen molar-refractivity contribution in [1.82, 2.24) is 14.3 Å². The Labute approximate surface area is 182 Å². The Morgan fingerprint density at radius 2 is 1.81 bits per heavy atom. The van der Waals surface area contributed by atoms with E-state index in [2.05, 4.69) is 5.10 Å². The summed E-state index contributed by atoms with van der Waals surface area (Å²) < 4.78 is 28.1. The monoisotopic (exact) mass is 453 g/mol. The first-order chi connectivity index (χ1) is 11.9. The van der Waals surface area contributed by atoms with Gasteiger partial charge in [0, 0.05) is 39.8 Å². The van der Waals surface area contributed by atoms with E-state index < -0.39 is 18.5 Å². The molecule has 0 spiro atoms. The molecule has 0 atom stereocenters. The largest absolute Gasteiger partial charge is 0.505 e. The summed E-state index contributed by atoms with van der Waals surface area (Å²) in [5.41, 5.74) is 1.08. The zero-order valence-electron chi connectivity index (χ0n) is 16.2. The Morgan fingerprint density at radius 3 is 2.37 bits per heavy atom. The molecule has 2 aromatic heterocycles. The fourth-order valence-corrected chi connectivity index (χ4v) is 2.78. The quantitative estimate of drug-likeness (QED) is 0.607. The molecular weight excluding hydrogens is 429 g/mol. The molecule has 2 heterocycles. The Balaban J connectivity index is 0.00000164. The van der Waals surface area contributed by atoms with Crippen LogP contribution in [0, 0.1) is 14.4 Å². The molecule has 0 saturated carbocycles. The average Bonchev–Trinajstić information content (AvgIpc) is 2.97. The molecule has 1 aromatic carbocycles. The van der Waals surface area contributed by atoms with Crippen LogP contribution in [0.4, 0.5) is 8.78 Å². The number of hydrogen-bond donors (Lipinski definition) is 1. The van der Waals surface area contributed by atoms with Gasteiger partial charge in [-0.3, -0.25) is 14.0 Å². The van der Waals surface area contributed by atoms with Crippen molar-refractivity contribution in [1.29, 1.82) is 0 Å². The maximum Gasteiger partial charge on any atom is 0.263 e. The van der Waals surface area contributed by atoms with Gasteiger partial charge < -0.3 is 12.5 Å².